The van der Waals surface area contributed by atoms with Gasteiger partial charge in [-0.1, -0.05) is 37.6 Å². The molecule has 0 bridgehead atoms. The molecular weight excluding hydrogens is 410 g/mol. The van der Waals surface area contributed by atoms with Gasteiger partial charge in [-0.15, -0.1) is 0 Å². The Kier molecular flexibility index (Phi) is 8.06. The highest BCUT2D eigenvalue weighted by Gasteiger charge is 2.38. The molecule has 7 nitrogen and oxygen atoms in total. The number of halogens is 1. The number of esters is 3. The Labute approximate surface area is 181 Å². The fourth-order valence-electron chi connectivity index (χ4n) is 3.37. The predicted octanol–water partition coefficient (Wildman–Crippen LogP) is 3.44. The maximum Gasteiger partial charge on any atom is 0.336 e. The van der Waals surface area contributed by atoms with Crippen LogP contribution in [-0.4, -0.2) is 50.2 Å². The van der Waals surface area contributed by atoms with Gasteiger partial charge in [-0.2, -0.15) is 0 Å². The van der Waals surface area contributed by atoms with E-state index in [0.717, 1.165) is 0 Å². The van der Waals surface area contributed by atoms with Gasteiger partial charge in [-0.3, -0.25) is 0 Å². The topological polar surface area (TPSA) is 82.1 Å². The van der Waals surface area contributed by atoms with Crippen molar-refractivity contribution in [1.82, 2.24) is 4.90 Å². The van der Waals surface area contributed by atoms with E-state index >= 15 is 0 Å². The minimum Gasteiger partial charge on any atom is -0.467 e. The lowest BCUT2D eigenvalue weighted by atomic mass is 9.83. The lowest BCUT2D eigenvalue weighted by molar-refractivity contribution is -0.146. The van der Waals surface area contributed by atoms with Crippen LogP contribution in [0.15, 0.2) is 47.8 Å². The molecule has 0 aliphatic carbocycles. The van der Waals surface area contributed by atoms with Crippen molar-refractivity contribution >= 4 is 29.5 Å². The summed E-state index contributed by atoms with van der Waals surface area (Å²) < 4.78 is 14.9. The number of hydrogen-bond acceptors (Lipinski definition) is 7. The molecule has 0 saturated carbocycles. The quantitative estimate of drug-likeness (QED) is 0.479. The number of carbonyl (C=O) groups excluding carboxylic acids is 3. The van der Waals surface area contributed by atoms with Gasteiger partial charge in [-0.25, -0.2) is 14.4 Å². The summed E-state index contributed by atoms with van der Waals surface area (Å²) in [5.41, 5.74) is 1.05. The summed E-state index contributed by atoms with van der Waals surface area (Å²) >= 11 is 5.99. The second kappa shape index (κ2) is 10.3. The van der Waals surface area contributed by atoms with E-state index in [1.54, 1.807) is 24.3 Å². The minimum atomic E-state index is -0.740. The van der Waals surface area contributed by atoms with Crippen molar-refractivity contribution in [3.63, 3.8) is 0 Å². The third-order valence-corrected chi connectivity index (χ3v) is 5.02. The minimum absolute atomic E-state index is 0.160. The first kappa shape index (κ1) is 23.5. The fraction of sp³-hybridized carbons (Fsp3) is 0.409. The molecule has 0 radical (unpaired) electrons. The Morgan fingerprint density at radius 3 is 1.83 bits per heavy atom. The van der Waals surface area contributed by atoms with Crippen LogP contribution in [0, 0.1) is 5.92 Å². The summed E-state index contributed by atoms with van der Waals surface area (Å²) in [5, 5.41) is 0.520. The number of methoxy groups -OCH3 is 3. The molecule has 2 rings (SSSR count). The van der Waals surface area contributed by atoms with Crippen LogP contribution in [0.5, 0.6) is 0 Å². The van der Waals surface area contributed by atoms with Crippen LogP contribution in [0.2, 0.25) is 5.02 Å². The van der Waals surface area contributed by atoms with E-state index in [4.69, 9.17) is 25.8 Å². The van der Waals surface area contributed by atoms with Gasteiger partial charge in [0.1, 0.15) is 6.04 Å². The molecule has 0 amide bonds. The van der Waals surface area contributed by atoms with Gasteiger partial charge in [0.25, 0.3) is 0 Å². The normalized spacial score (nSPS) is 15.2. The van der Waals surface area contributed by atoms with Crippen molar-refractivity contribution in [1.29, 1.82) is 0 Å². The third kappa shape index (κ3) is 5.21. The molecular formula is C22H26ClNO6. The molecule has 0 aromatic heterocycles. The summed E-state index contributed by atoms with van der Waals surface area (Å²) in [6.07, 6.45) is 3.51. The molecule has 0 spiro atoms. The van der Waals surface area contributed by atoms with Gasteiger partial charge in [-0.05, 0) is 30.0 Å². The molecule has 30 heavy (non-hydrogen) atoms. The van der Waals surface area contributed by atoms with Crippen LogP contribution < -0.4 is 0 Å². The maximum absolute atomic E-state index is 12.7. The number of carbonyl (C=O) groups is 3. The summed E-state index contributed by atoms with van der Waals surface area (Å²) in [5.74, 6) is -2.30. The summed E-state index contributed by atoms with van der Waals surface area (Å²) in [6, 6.07) is 6.07. The molecule has 1 aromatic carbocycles. The van der Waals surface area contributed by atoms with Crippen molar-refractivity contribution in [3.05, 3.63) is 58.4 Å². The highest BCUT2D eigenvalue weighted by Crippen LogP contribution is 2.38. The lowest BCUT2D eigenvalue weighted by Gasteiger charge is -2.34. The first-order valence-corrected chi connectivity index (χ1v) is 9.82. The zero-order chi connectivity index (χ0) is 22.4. The zero-order valence-electron chi connectivity index (χ0n) is 17.7. The van der Waals surface area contributed by atoms with E-state index in [0.29, 0.717) is 17.0 Å². The number of ether oxygens (including phenoxy) is 3. The van der Waals surface area contributed by atoms with Gasteiger partial charge >= 0.3 is 17.9 Å². The molecule has 1 aliphatic heterocycles. The zero-order valence-corrected chi connectivity index (χ0v) is 18.4. The average Bonchev–Trinajstić information content (AvgIpc) is 2.75. The Bertz CT molecular complexity index is 825. The molecule has 0 fully saturated rings. The van der Waals surface area contributed by atoms with Crippen molar-refractivity contribution in [2.45, 2.75) is 32.2 Å². The highest BCUT2D eigenvalue weighted by atomic mass is 35.5. The molecule has 0 saturated heterocycles. The second-order valence-corrected chi connectivity index (χ2v) is 7.69. The monoisotopic (exact) mass is 435 g/mol. The van der Waals surface area contributed by atoms with E-state index in [-0.39, 0.29) is 17.1 Å². The van der Waals surface area contributed by atoms with Gasteiger partial charge < -0.3 is 19.1 Å². The van der Waals surface area contributed by atoms with E-state index in [1.807, 2.05) is 13.8 Å². The predicted molar refractivity (Wildman–Crippen MR) is 111 cm³/mol. The first-order chi connectivity index (χ1) is 14.2. The number of hydrogen-bond donors (Lipinski definition) is 0. The summed E-state index contributed by atoms with van der Waals surface area (Å²) in [7, 11) is 3.81. The van der Waals surface area contributed by atoms with Gasteiger partial charge in [0.15, 0.2) is 0 Å². The van der Waals surface area contributed by atoms with Gasteiger partial charge in [0.2, 0.25) is 0 Å². The first-order valence-electron chi connectivity index (χ1n) is 9.44. The smallest absolute Gasteiger partial charge is 0.336 e. The third-order valence-electron chi connectivity index (χ3n) is 4.77. The standard InChI is InChI=1S/C22H26ClNO6/c1-13(2)10-18(22(27)30-5)24-11-16(20(25)28-3)19(17(12-24)21(26)29-4)14-6-8-15(23)9-7-14/h6-9,11-13,18-19H,10H2,1-5H3/t18-/m1/s1. The molecule has 0 unspecified atom stereocenters. The van der Waals surface area contributed by atoms with E-state index in [1.165, 1.54) is 38.6 Å². The average molecular weight is 436 g/mol. The summed E-state index contributed by atoms with van der Waals surface area (Å²) in [4.78, 5) is 39.3. The van der Waals surface area contributed by atoms with Crippen LogP contribution in [0.3, 0.4) is 0 Å². The Hall–Kier alpha value is -2.80. The molecule has 1 aromatic rings. The SMILES string of the molecule is COC(=O)C1=CN([C@H](CC(C)C)C(=O)OC)C=C(C(=O)OC)C1c1ccc(Cl)cc1. The molecule has 8 heteroatoms. The van der Waals surface area contributed by atoms with Crippen molar-refractivity contribution in [2.75, 3.05) is 21.3 Å². The van der Waals surface area contributed by atoms with Gasteiger partial charge in [0.05, 0.1) is 38.4 Å². The Balaban J connectivity index is 2.66. The van der Waals surface area contributed by atoms with Crippen LogP contribution in [0.1, 0.15) is 31.7 Å². The molecule has 0 N–H and O–H groups in total. The van der Waals surface area contributed by atoms with Crippen molar-refractivity contribution < 1.29 is 28.6 Å². The fourth-order valence-corrected chi connectivity index (χ4v) is 3.49. The van der Waals surface area contributed by atoms with E-state index < -0.39 is 29.9 Å². The molecule has 1 aliphatic rings. The van der Waals surface area contributed by atoms with Crippen LogP contribution in [-0.2, 0) is 28.6 Å². The number of nitrogens with zero attached hydrogens (tertiary/aromatic N) is 1. The number of rotatable bonds is 7. The summed E-state index contributed by atoms with van der Waals surface area (Å²) in [6.45, 7) is 3.93. The van der Waals surface area contributed by atoms with E-state index in [9.17, 15) is 14.4 Å². The molecule has 1 atom stereocenters. The number of benzene rings is 1. The van der Waals surface area contributed by atoms with Crippen LogP contribution >= 0.6 is 11.6 Å². The highest BCUT2D eigenvalue weighted by molar-refractivity contribution is 6.30. The Morgan fingerprint density at radius 1 is 0.933 bits per heavy atom. The largest absolute Gasteiger partial charge is 0.467 e. The van der Waals surface area contributed by atoms with Crippen LogP contribution in [0.4, 0.5) is 0 Å². The van der Waals surface area contributed by atoms with Gasteiger partial charge in [0, 0.05) is 17.4 Å². The second-order valence-electron chi connectivity index (χ2n) is 7.25. The molecule has 1 heterocycles. The van der Waals surface area contributed by atoms with E-state index in [2.05, 4.69) is 0 Å². The van der Waals surface area contributed by atoms with Crippen molar-refractivity contribution in [2.24, 2.45) is 5.92 Å². The maximum atomic E-state index is 12.7. The Morgan fingerprint density at radius 2 is 1.43 bits per heavy atom. The molecule has 162 valence electrons. The van der Waals surface area contributed by atoms with Crippen molar-refractivity contribution in [3.8, 4) is 0 Å². The lowest BCUT2D eigenvalue weighted by Crippen LogP contribution is -2.40. The van der Waals surface area contributed by atoms with Crippen LogP contribution in [0.25, 0.3) is 0 Å².